The fraction of sp³-hybridized carbons (Fsp3) is 0.538. The maximum Gasteiger partial charge on any atom is 0.131 e. The Hall–Kier alpha value is -1.00. The van der Waals surface area contributed by atoms with Gasteiger partial charge in [-0.2, -0.15) is 0 Å². The highest BCUT2D eigenvalue weighted by Gasteiger charge is 2.26. The number of hydrogen-bond acceptors (Lipinski definition) is 2. The molecule has 17 heavy (non-hydrogen) atoms. The molecule has 0 aliphatic heterocycles. The van der Waals surface area contributed by atoms with Gasteiger partial charge in [-0.3, -0.25) is 0 Å². The molecule has 0 heterocycles. The van der Waals surface area contributed by atoms with Crippen LogP contribution in [-0.4, -0.2) is 11.1 Å². The minimum Gasteiger partial charge on any atom is -0.388 e. The summed E-state index contributed by atoms with van der Waals surface area (Å²) in [6, 6.07) is 3.19. The Morgan fingerprint density at radius 3 is 2.12 bits per heavy atom. The highest BCUT2D eigenvalue weighted by atomic mass is 19.1. The molecule has 0 aromatic heterocycles. The van der Waals surface area contributed by atoms with E-state index in [1.165, 1.54) is 6.07 Å². The second-order valence-corrected chi connectivity index (χ2v) is 5.36. The Balaban J connectivity index is 2.87. The molecular formula is C13H19F2NO. The van der Waals surface area contributed by atoms with Crippen LogP contribution < -0.4 is 5.73 Å². The van der Waals surface area contributed by atoms with Gasteiger partial charge in [-0.1, -0.05) is 26.8 Å². The minimum atomic E-state index is -1.22. The van der Waals surface area contributed by atoms with E-state index in [1.807, 2.05) is 20.8 Å². The fourth-order valence-electron chi connectivity index (χ4n) is 1.54. The van der Waals surface area contributed by atoms with Gasteiger partial charge in [0.1, 0.15) is 11.6 Å². The van der Waals surface area contributed by atoms with Crippen LogP contribution in [0.15, 0.2) is 18.2 Å². The molecule has 2 nitrogen and oxygen atoms in total. The van der Waals surface area contributed by atoms with E-state index < -0.39 is 17.7 Å². The predicted octanol–water partition coefficient (Wildman–Crippen LogP) is 2.76. The van der Waals surface area contributed by atoms with Crippen molar-refractivity contribution in [2.24, 2.45) is 11.1 Å². The molecule has 0 saturated carbocycles. The topological polar surface area (TPSA) is 46.2 Å². The normalized spacial score (nSPS) is 15.7. The molecule has 0 aliphatic rings. The third kappa shape index (κ3) is 3.48. The summed E-state index contributed by atoms with van der Waals surface area (Å²) < 4.78 is 26.8. The SMILES string of the molecule is CC(C)(C)[C@H](N)C[C@@H](O)c1c(F)cccc1F. The summed E-state index contributed by atoms with van der Waals surface area (Å²) >= 11 is 0. The predicted molar refractivity (Wildman–Crippen MR) is 63.4 cm³/mol. The zero-order valence-electron chi connectivity index (χ0n) is 10.4. The lowest BCUT2D eigenvalue weighted by atomic mass is 9.83. The van der Waals surface area contributed by atoms with Crippen molar-refractivity contribution in [3.05, 3.63) is 35.4 Å². The standard InChI is InChI=1S/C13H19F2NO/c1-13(2,3)11(16)7-10(17)12-8(14)5-4-6-9(12)15/h4-6,10-11,17H,7,16H2,1-3H3/t10-,11-/m1/s1. The van der Waals surface area contributed by atoms with E-state index in [4.69, 9.17) is 5.73 Å². The van der Waals surface area contributed by atoms with Crippen LogP contribution in [-0.2, 0) is 0 Å². The summed E-state index contributed by atoms with van der Waals surface area (Å²) in [5, 5.41) is 9.86. The van der Waals surface area contributed by atoms with E-state index in [0.29, 0.717) is 0 Å². The maximum absolute atomic E-state index is 13.4. The van der Waals surface area contributed by atoms with Gasteiger partial charge in [-0.15, -0.1) is 0 Å². The van der Waals surface area contributed by atoms with Gasteiger partial charge in [0, 0.05) is 6.04 Å². The number of benzene rings is 1. The molecule has 96 valence electrons. The molecule has 0 spiro atoms. The Bertz CT molecular complexity index is 367. The van der Waals surface area contributed by atoms with Crippen LogP contribution in [0, 0.1) is 17.0 Å². The molecule has 0 radical (unpaired) electrons. The molecule has 0 fully saturated rings. The summed E-state index contributed by atoms with van der Waals surface area (Å²) in [6.45, 7) is 5.76. The van der Waals surface area contributed by atoms with Crippen molar-refractivity contribution >= 4 is 0 Å². The lowest BCUT2D eigenvalue weighted by molar-refractivity contribution is 0.126. The van der Waals surface area contributed by atoms with Gasteiger partial charge in [-0.05, 0) is 24.0 Å². The third-order valence-corrected chi connectivity index (χ3v) is 2.92. The van der Waals surface area contributed by atoms with E-state index in [1.54, 1.807) is 0 Å². The first-order valence-corrected chi connectivity index (χ1v) is 5.61. The Morgan fingerprint density at radius 1 is 1.24 bits per heavy atom. The highest BCUT2D eigenvalue weighted by Crippen LogP contribution is 2.29. The Labute approximate surface area is 100 Å². The summed E-state index contributed by atoms with van der Waals surface area (Å²) in [6.07, 6.45) is -1.09. The smallest absolute Gasteiger partial charge is 0.131 e. The zero-order chi connectivity index (χ0) is 13.2. The van der Waals surface area contributed by atoms with Gasteiger partial charge in [0.25, 0.3) is 0 Å². The summed E-state index contributed by atoms with van der Waals surface area (Å²) in [4.78, 5) is 0. The van der Waals surface area contributed by atoms with Crippen LogP contribution in [0.1, 0.15) is 38.9 Å². The molecule has 0 amide bonds. The lowest BCUT2D eigenvalue weighted by Crippen LogP contribution is -2.36. The van der Waals surface area contributed by atoms with E-state index in [-0.39, 0.29) is 23.4 Å². The van der Waals surface area contributed by atoms with Gasteiger partial charge in [0.05, 0.1) is 11.7 Å². The number of hydrogen-bond donors (Lipinski definition) is 2. The lowest BCUT2D eigenvalue weighted by Gasteiger charge is -2.29. The largest absolute Gasteiger partial charge is 0.388 e. The number of aliphatic hydroxyl groups excluding tert-OH is 1. The van der Waals surface area contributed by atoms with Crippen LogP contribution in [0.4, 0.5) is 8.78 Å². The molecule has 1 rings (SSSR count). The van der Waals surface area contributed by atoms with Crippen molar-refractivity contribution in [2.75, 3.05) is 0 Å². The van der Waals surface area contributed by atoms with Gasteiger partial charge in [0.2, 0.25) is 0 Å². The molecule has 0 bridgehead atoms. The summed E-state index contributed by atoms with van der Waals surface area (Å²) in [5.41, 5.74) is 5.37. The van der Waals surface area contributed by atoms with Crippen molar-refractivity contribution in [1.82, 2.24) is 0 Å². The first-order valence-electron chi connectivity index (χ1n) is 5.61. The first kappa shape index (κ1) is 14.1. The van der Waals surface area contributed by atoms with E-state index in [9.17, 15) is 13.9 Å². The van der Waals surface area contributed by atoms with Crippen LogP contribution >= 0.6 is 0 Å². The van der Waals surface area contributed by atoms with Crippen molar-refractivity contribution in [3.8, 4) is 0 Å². The van der Waals surface area contributed by atoms with Gasteiger partial charge in [-0.25, -0.2) is 8.78 Å². The molecular weight excluding hydrogens is 224 g/mol. The molecule has 3 N–H and O–H groups in total. The van der Waals surface area contributed by atoms with Crippen LogP contribution in [0.2, 0.25) is 0 Å². The highest BCUT2D eigenvalue weighted by molar-refractivity contribution is 5.22. The second-order valence-electron chi connectivity index (χ2n) is 5.36. The summed E-state index contributed by atoms with van der Waals surface area (Å²) in [5.74, 6) is -1.47. The number of aliphatic hydroxyl groups is 1. The van der Waals surface area contributed by atoms with Crippen molar-refractivity contribution < 1.29 is 13.9 Å². The molecule has 0 unspecified atom stereocenters. The second kappa shape index (κ2) is 5.10. The monoisotopic (exact) mass is 243 g/mol. The average Bonchev–Trinajstić information content (AvgIpc) is 2.15. The minimum absolute atomic E-state index is 0.126. The Morgan fingerprint density at radius 2 is 1.71 bits per heavy atom. The zero-order valence-corrected chi connectivity index (χ0v) is 10.4. The Kier molecular flexibility index (Phi) is 4.22. The average molecular weight is 243 g/mol. The molecule has 0 aliphatic carbocycles. The first-order chi connectivity index (χ1) is 7.73. The molecule has 1 aromatic carbocycles. The number of nitrogens with two attached hydrogens (primary N) is 1. The van der Waals surface area contributed by atoms with E-state index in [0.717, 1.165) is 12.1 Å². The number of halogens is 2. The molecule has 1 aromatic rings. The number of rotatable bonds is 3. The molecule has 2 atom stereocenters. The van der Waals surface area contributed by atoms with Crippen LogP contribution in [0.25, 0.3) is 0 Å². The van der Waals surface area contributed by atoms with E-state index >= 15 is 0 Å². The van der Waals surface area contributed by atoms with Gasteiger partial charge >= 0.3 is 0 Å². The van der Waals surface area contributed by atoms with Gasteiger partial charge in [0.15, 0.2) is 0 Å². The fourth-order valence-corrected chi connectivity index (χ4v) is 1.54. The third-order valence-electron chi connectivity index (χ3n) is 2.92. The van der Waals surface area contributed by atoms with Crippen molar-refractivity contribution in [3.63, 3.8) is 0 Å². The van der Waals surface area contributed by atoms with E-state index in [2.05, 4.69) is 0 Å². The van der Waals surface area contributed by atoms with Crippen LogP contribution in [0.5, 0.6) is 0 Å². The molecule has 4 heteroatoms. The maximum atomic E-state index is 13.4. The van der Waals surface area contributed by atoms with Crippen molar-refractivity contribution in [2.45, 2.75) is 39.3 Å². The quantitative estimate of drug-likeness (QED) is 0.857. The molecule has 0 saturated heterocycles. The van der Waals surface area contributed by atoms with Crippen LogP contribution in [0.3, 0.4) is 0 Å². The van der Waals surface area contributed by atoms with Gasteiger partial charge < -0.3 is 10.8 Å². The summed E-state index contributed by atoms with van der Waals surface area (Å²) in [7, 11) is 0. The van der Waals surface area contributed by atoms with Crippen molar-refractivity contribution in [1.29, 1.82) is 0 Å².